The Labute approximate surface area is 201 Å². The molecule has 0 aliphatic carbocycles. The molecule has 3 nitrogen and oxygen atoms in total. The largest absolute Gasteiger partial charge is 0.488 e. The number of para-hydroxylation sites is 1. The number of nitrogens with zero attached hydrogens (tertiary/aromatic N) is 1. The standard InChI is InChI=1S/C29H30ClNO2/c1-32-29(23-12-14-24(30)15-13-23)16-19-31(20-17-29)18-6-10-26-25-8-3-2-7-22(25)21-33-28-11-5-4-9-27(26)28/h2-5,7-15H,6,16-21H2,1H3/b26-10-. The highest BCUT2D eigenvalue weighted by molar-refractivity contribution is 6.30. The Morgan fingerprint density at radius 1 is 0.939 bits per heavy atom. The maximum absolute atomic E-state index is 6.11. The number of likely N-dealkylation sites (tertiary alicyclic amines) is 1. The summed E-state index contributed by atoms with van der Waals surface area (Å²) in [5, 5.41) is 0.766. The lowest BCUT2D eigenvalue weighted by Crippen LogP contribution is -2.44. The van der Waals surface area contributed by atoms with Gasteiger partial charge >= 0.3 is 0 Å². The summed E-state index contributed by atoms with van der Waals surface area (Å²) in [4.78, 5) is 2.55. The van der Waals surface area contributed by atoms with Gasteiger partial charge in [-0.25, -0.2) is 0 Å². The third kappa shape index (κ3) is 4.59. The van der Waals surface area contributed by atoms with Crippen LogP contribution in [0.3, 0.4) is 0 Å². The molecule has 0 bridgehead atoms. The normalized spacial score (nSPS) is 18.8. The van der Waals surface area contributed by atoms with Crippen LogP contribution in [0, 0.1) is 0 Å². The van der Waals surface area contributed by atoms with Gasteiger partial charge in [0.05, 0.1) is 5.60 Å². The minimum atomic E-state index is -0.212. The van der Waals surface area contributed by atoms with Crippen molar-refractivity contribution in [1.82, 2.24) is 4.90 Å². The van der Waals surface area contributed by atoms with Crippen LogP contribution in [0.1, 0.15) is 41.5 Å². The smallest absolute Gasteiger partial charge is 0.127 e. The van der Waals surface area contributed by atoms with E-state index in [-0.39, 0.29) is 5.60 Å². The molecule has 5 rings (SSSR count). The summed E-state index contributed by atoms with van der Waals surface area (Å²) in [5.74, 6) is 0.964. The van der Waals surface area contributed by atoms with Crippen molar-refractivity contribution in [2.45, 2.75) is 31.5 Å². The third-order valence-electron chi connectivity index (χ3n) is 7.09. The molecule has 3 aromatic rings. The number of piperidine rings is 1. The Hall–Kier alpha value is -2.59. The number of ether oxygens (including phenoxy) is 2. The van der Waals surface area contributed by atoms with Crippen molar-refractivity contribution in [2.75, 3.05) is 26.7 Å². The number of benzene rings is 3. The average Bonchev–Trinajstić information content (AvgIpc) is 3.02. The van der Waals surface area contributed by atoms with E-state index in [1.54, 1.807) is 0 Å². The van der Waals surface area contributed by atoms with E-state index in [1.807, 2.05) is 25.3 Å². The van der Waals surface area contributed by atoms with Gasteiger partial charge in [0.2, 0.25) is 0 Å². The second kappa shape index (κ2) is 9.72. The number of hydrogen-bond acceptors (Lipinski definition) is 3. The zero-order valence-electron chi connectivity index (χ0n) is 19.1. The Morgan fingerprint density at radius 3 is 2.39 bits per heavy atom. The molecule has 0 radical (unpaired) electrons. The molecule has 0 aromatic heterocycles. The van der Waals surface area contributed by atoms with Crippen LogP contribution < -0.4 is 4.74 Å². The zero-order chi connectivity index (χ0) is 22.7. The number of methoxy groups -OCH3 is 1. The highest BCUT2D eigenvalue weighted by atomic mass is 35.5. The molecule has 2 aliphatic rings. The van der Waals surface area contributed by atoms with Crippen molar-refractivity contribution < 1.29 is 9.47 Å². The molecule has 0 saturated carbocycles. The van der Waals surface area contributed by atoms with Gasteiger partial charge in [-0.3, -0.25) is 0 Å². The molecule has 0 spiro atoms. The lowest BCUT2D eigenvalue weighted by atomic mass is 9.84. The Balaban J connectivity index is 1.29. The monoisotopic (exact) mass is 459 g/mol. The average molecular weight is 460 g/mol. The van der Waals surface area contributed by atoms with Crippen LogP contribution in [0.15, 0.2) is 78.9 Å². The second-order valence-electron chi connectivity index (χ2n) is 8.90. The van der Waals surface area contributed by atoms with Crippen molar-refractivity contribution in [3.63, 3.8) is 0 Å². The van der Waals surface area contributed by atoms with Crippen molar-refractivity contribution in [3.8, 4) is 5.75 Å². The molecule has 3 aromatic carbocycles. The van der Waals surface area contributed by atoms with E-state index in [0.29, 0.717) is 6.61 Å². The van der Waals surface area contributed by atoms with E-state index in [2.05, 4.69) is 65.6 Å². The summed E-state index contributed by atoms with van der Waals surface area (Å²) >= 11 is 6.09. The van der Waals surface area contributed by atoms with Crippen molar-refractivity contribution in [2.24, 2.45) is 0 Å². The fraction of sp³-hybridized carbons (Fsp3) is 0.310. The molecule has 2 aliphatic heterocycles. The maximum atomic E-state index is 6.11. The van der Waals surface area contributed by atoms with E-state index in [0.717, 1.165) is 49.7 Å². The van der Waals surface area contributed by atoms with Crippen LogP contribution in [0.25, 0.3) is 5.57 Å². The minimum Gasteiger partial charge on any atom is -0.488 e. The van der Waals surface area contributed by atoms with Crippen LogP contribution in [0.4, 0.5) is 0 Å². The van der Waals surface area contributed by atoms with E-state index in [4.69, 9.17) is 21.1 Å². The highest BCUT2D eigenvalue weighted by Crippen LogP contribution is 2.38. The summed E-state index contributed by atoms with van der Waals surface area (Å²) in [6.45, 7) is 3.70. The first-order valence-corrected chi connectivity index (χ1v) is 12.1. The van der Waals surface area contributed by atoms with Crippen molar-refractivity contribution in [3.05, 3.63) is 106 Å². The molecule has 1 saturated heterocycles. The van der Waals surface area contributed by atoms with Crippen LogP contribution in [-0.2, 0) is 16.9 Å². The summed E-state index contributed by atoms with van der Waals surface area (Å²) in [6, 6.07) is 25.1. The van der Waals surface area contributed by atoms with Gasteiger partial charge in [-0.2, -0.15) is 0 Å². The predicted molar refractivity (Wildman–Crippen MR) is 135 cm³/mol. The van der Waals surface area contributed by atoms with Crippen molar-refractivity contribution >= 4 is 17.2 Å². The molecule has 0 N–H and O–H groups in total. The van der Waals surface area contributed by atoms with Gasteiger partial charge in [0.1, 0.15) is 12.4 Å². The van der Waals surface area contributed by atoms with E-state index in [9.17, 15) is 0 Å². The SMILES string of the molecule is COC1(c2ccc(Cl)cc2)CCN(CC/C=C2/c3ccccc3COc3ccccc32)CC1. The second-order valence-corrected chi connectivity index (χ2v) is 9.33. The summed E-state index contributed by atoms with van der Waals surface area (Å²) in [5.41, 5.74) is 6.00. The molecule has 0 amide bonds. The van der Waals surface area contributed by atoms with E-state index < -0.39 is 0 Å². The lowest BCUT2D eigenvalue weighted by molar-refractivity contribution is -0.0621. The summed E-state index contributed by atoms with van der Waals surface area (Å²) < 4.78 is 12.2. The number of halogens is 1. The Bertz CT molecular complexity index is 1080. The van der Waals surface area contributed by atoms with Gasteiger partial charge in [0.15, 0.2) is 0 Å². The fourth-order valence-corrected chi connectivity index (χ4v) is 5.26. The Kier molecular flexibility index (Phi) is 6.55. The van der Waals surface area contributed by atoms with Crippen LogP contribution in [-0.4, -0.2) is 31.6 Å². The summed E-state index contributed by atoms with van der Waals surface area (Å²) in [7, 11) is 1.83. The maximum Gasteiger partial charge on any atom is 0.127 e. The zero-order valence-corrected chi connectivity index (χ0v) is 19.9. The first-order valence-electron chi connectivity index (χ1n) is 11.7. The third-order valence-corrected chi connectivity index (χ3v) is 7.34. The number of fused-ring (bicyclic) bond motifs is 2. The van der Waals surface area contributed by atoms with Gasteiger partial charge in [0.25, 0.3) is 0 Å². The topological polar surface area (TPSA) is 21.7 Å². The number of hydrogen-bond donors (Lipinski definition) is 0. The van der Waals surface area contributed by atoms with E-state index in [1.165, 1.54) is 27.8 Å². The van der Waals surface area contributed by atoms with E-state index >= 15 is 0 Å². The molecule has 33 heavy (non-hydrogen) atoms. The highest BCUT2D eigenvalue weighted by Gasteiger charge is 2.36. The summed E-state index contributed by atoms with van der Waals surface area (Å²) in [6.07, 6.45) is 5.37. The Morgan fingerprint density at radius 2 is 1.64 bits per heavy atom. The van der Waals surface area contributed by atoms with Gasteiger partial charge in [0, 0.05) is 37.3 Å². The molecule has 1 fully saturated rings. The number of rotatable bonds is 5. The first kappa shape index (κ1) is 22.2. The lowest BCUT2D eigenvalue weighted by Gasteiger charge is -2.41. The molecular weight excluding hydrogens is 430 g/mol. The molecule has 170 valence electrons. The molecular formula is C29H30ClNO2. The fourth-order valence-electron chi connectivity index (χ4n) is 5.14. The molecule has 0 unspecified atom stereocenters. The van der Waals surface area contributed by atoms with Gasteiger partial charge < -0.3 is 14.4 Å². The van der Waals surface area contributed by atoms with Crippen LogP contribution >= 0.6 is 11.6 Å². The minimum absolute atomic E-state index is 0.212. The predicted octanol–water partition coefficient (Wildman–Crippen LogP) is 6.69. The van der Waals surface area contributed by atoms with Crippen molar-refractivity contribution in [1.29, 1.82) is 0 Å². The van der Waals surface area contributed by atoms with Gasteiger partial charge in [-0.05, 0) is 59.7 Å². The first-order chi connectivity index (χ1) is 16.2. The molecule has 2 heterocycles. The molecule has 0 atom stereocenters. The van der Waals surface area contributed by atoms with Gasteiger partial charge in [-0.15, -0.1) is 0 Å². The van der Waals surface area contributed by atoms with Gasteiger partial charge in [-0.1, -0.05) is 72.3 Å². The molecule has 4 heteroatoms. The van der Waals surface area contributed by atoms with Crippen LogP contribution in [0.2, 0.25) is 5.02 Å². The quantitative estimate of drug-likeness (QED) is 0.424. The van der Waals surface area contributed by atoms with Crippen LogP contribution in [0.5, 0.6) is 5.75 Å².